The number of nitrogens with zero attached hydrogens (tertiary/aromatic N) is 1. The van der Waals surface area contributed by atoms with Crippen LogP contribution in [-0.2, 0) is 11.2 Å². The van der Waals surface area contributed by atoms with Crippen LogP contribution >= 0.6 is 0 Å². The number of halogens is 1. The Hall–Kier alpha value is -2.21. The van der Waals surface area contributed by atoms with E-state index in [-0.39, 0.29) is 5.82 Å². The minimum Gasteiger partial charge on any atom is -0.303 e. The van der Waals surface area contributed by atoms with Gasteiger partial charge in [-0.05, 0) is 63.5 Å². The molecule has 0 atom stereocenters. The van der Waals surface area contributed by atoms with Crippen molar-refractivity contribution in [3.63, 3.8) is 0 Å². The molecule has 0 aromatic heterocycles. The Morgan fingerprint density at radius 3 is 2.62 bits per heavy atom. The standard InChI is InChI=1S/C21H26FNO/c1-18(9-3-2-6-16-24)10-7-11-19(17-23)12-8-14-20-13-4-5-15-21(20)22/h4-5,10,12-13,15-16H,2-3,6-9,11,14H2,1H3/b18-10+,19-12-. The molecule has 1 aromatic carbocycles. The predicted octanol–water partition coefficient (Wildman–Crippen LogP) is 5.69. The smallest absolute Gasteiger partial charge is 0.126 e. The van der Waals surface area contributed by atoms with Crippen LogP contribution in [0.15, 0.2) is 47.6 Å². The Kier molecular flexibility index (Phi) is 10.1. The lowest BCUT2D eigenvalue weighted by molar-refractivity contribution is -0.107. The molecule has 1 aromatic rings. The second kappa shape index (κ2) is 12.2. The summed E-state index contributed by atoms with van der Waals surface area (Å²) in [5.41, 5.74) is 2.76. The summed E-state index contributed by atoms with van der Waals surface area (Å²) in [6.07, 6.45) is 11.5. The highest BCUT2D eigenvalue weighted by molar-refractivity contribution is 5.48. The van der Waals surface area contributed by atoms with Gasteiger partial charge in [-0.3, -0.25) is 0 Å². The minimum absolute atomic E-state index is 0.183. The molecule has 0 radical (unpaired) electrons. The van der Waals surface area contributed by atoms with Gasteiger partial charge in [0, 0.05) is 12.0 Å². The first kappa shape index (κ1) is 19.8. The van der Waals surface area contributed by atoms with E-state index in [1.54, 1.807) is 12.1 Å². The van der Waals surface area contributed by atoms with Gasteiger partial charge in [0.05, 0.1) is 6.07 Å². The number of carbonyl (C=O) groups is 1. The van der Waals surface area contributed by atoms with Gasteiger partial charge in [0.1, 0.15) is 12.1 Å². The van der Waals surface area contributed by atoms with Crippen LogP contribution in [0.4, 0.5) is 4.39 Å². The number of aryl methyl sites for hydroxylation is 1. The highest BCUT2D eigenvalue weighted by Gasteiger charge is 2.00. The van der Waals surface area contributed by atoms with Crippen LogP contribution in [0.3, 0.4) is 0 Å². The predicted molar refractivity (Wildman–Crippen MR) is 95.9 cm³/mol. The number of nitriles is 1. The van der Waals surface area contributed by atoms with Gasteiger partial charge in [0.15, 0.2) is 0 Å². The number of rotatable bonds is 11. The van der Waals surface area contributed by atoms with Crippen LogP contribution in [-0.4, -0.2) is 6.29 Å². The lowest BCUT2D eigenvalue weighted by Crippen LogP contribution is -1.89. The van der Waals surface area contributed by atoms with Gasteiger partial charge in [0.2, 0.25) is 0 Å². The molecule has 0 aliphatic heterocycles. The fraction of sp³-hybridized carbons (Fsp3) is 0.429. The van der Waals surface area contributed by atoms with Crippen LogP contribution in [0, 0.1) is 17.1 Å². The number of benzene rings is 1. The Bertz CT molecular complexity index is 611. The second-order valence-electron chi connectivity index (χ2n) is 5.97. The molecule has 24 heavy (non-hydrogen) atoms. The molecule has 0 spiro atoms. The Labute approximate surface area is 144 Å². The third-order valence-electron chi connectivity index (χ3n) is 3.96. The molecule has 0 amide bonds. The number of hydrogen-bond donors (Lipinski definition) is 0. The SMILES string of the molecule is C/C(=C\CC/C(C#N)=C/CCc1ccccc1F)CCCCC=O. The monoisotopic (exact) mass is 327 g/mol. The Morgan fingerprint density at radius 2 is 1.92 bits per heavy atom. The van der Waals surface area contributed by atoms with Crippen molar-refractivity contribution in [2.45, 2.75) is 58.3 Å². The van der Waals surface area contributed by atoms with E-state index in [9.17, 15) is 14.4 Å². The van der Waals surface area contributed by atoms with Crippen LogP contribution in [0.5, 0.6) is 0 Å². The summed E-state index contributed by atoms with van der Waals surface area (Å²) in [6.45, 7) is 2.09. The average Bonchev–Trinajstić information content (AvgIpc) is 2.59. The summed E-state index contributed by atoms with van der Waals surface area (Å²) in [5.74, 6) is -0.183. The number of carbonyl (C=O) groups excluding carboxylic acids is 1. The number of unbranched alkanes of at least 4 members (excludes halogenated alkanes) is 2. The molecule has 0 bridgehead atoms. The summed E-state index contributed by atoms with van der Waals surface area (Å²) in [6, 6.07) is 9.00. The highest BCUT2D eigenvalue weighted by atomic mass is 19.1. The highest BCUT2D eigenvalue weighted by Crippen LogP contribution is 2.14. The normalized spacial score (nSPS) is 12.0. The fourth-order valence-corrected chi connectivity index (χ4v) is 2.51. The van der Waals surface area contributed by atoms with Crippen molar-refractivity contribution in [3.05, 3.63) is 58.9 Å². The van der Waals surface area contributed by atoms with Crippen LogP contribution in [0.1, 0.15) is 57.4 Å². The average molecular weight is 327 g/mol. The topological polar surface area (TPSA) is 40.9 Å². The van der Waals surface area contributed by atoms with E-state index in [2.05, 4.69) is 19.1 Å². The zero-order chi connectivity index (χ0) is 17.6. The molecule has 0 aliphatic carbocycles. The van der Waals surface area contributed by atoms with E-state index in [0.717, 1.165) is 44.0 Å². The van der Waals surface area contributed by atoms with E-state index in [1.807, 2.05) is 12.1 Å². The number of hydrogen-bond acceptors (Lipinski definition) is 2. The van der Waals surface area contributed by atoms with E-state index >= 15 is 0 Å². The zero-order valence-electron chi connectivity index (χ0n) is 14.4. The van der Waals surface area contributed by atoms with Gasteiger partial charge in [0.25, 0.3) is 0 Å². The van der Waals surface area contributed by atoms with Gasteiger partial charge < -0.3 is 4.79 Å². The summed E-state index contributed by atoms with van der Waals surface area (Å²) in [5, 5.41) is 9.20. The summed E-state index contributed by atoms with van der Waals surface area (Å²) in [7, 11) is 0. The van der Waals surface area contributed by atoms with E-state index in [0.29, 0.717) is 24.8 Å². The van der Waals surface area contributed by atoms with Gasteiger partial charge in [-0.1, -0.05) is 35.9 Å². The Morgan fingerprint density at radius 1 is 1.12 bits per heavy atom. The first-order chi connectivity index (χ1) is 11.7. The van der Waals surface area contributed by atoms with E-state index in [4.69, 9.17) is 0 Å². The largest absolute Gasteiger partial charge is 0.303 e. The fourth-order valence-electron chi connectivity index (χ4n) is 2.51. The van der Waals surface area contributed by atoms with Crippen LogP contribution in [0.2, 0.25) is 0 Å². The van der Waals surface area contributed by atoms with Crippen molar-refractivity contribution < 1.29 is 9.18 Å². The number of aldehydes is 1. The molecule has 3 heteroatoms. The molecular formula is C21H26FNO. The molecule has 0 fully saturated rings. The van der Waals surface area contributed by atoms with E-state index < -0.39 is 0 Å². The van der Waals surface area contributed by atoms with Gasteiger partial charge in [-0.15, -0.1) is 0 Å². The lowest BCUT2D eigenvalue weighted by atomic mass is 10.0. The minimum atomic E-state index is -0.183. The molecule has 0 saturated heterocycles. The molecule has 0 N–H and O–H groups in total. The Balaban J connectivity index is 2.34. The van der Waals surface area contributed by atoms with Crippen molar-refractivity contribution in [1.29, 1.82) is 5.26 Å². The molecule has 2 nitrogen and oxygen atoms in total. The van der Waals surface area contributed by atoms with Crippen molar-refractivity contribution in [2.24, 2.45) is 0 Å². The third-order valence-corrected chi connectivity index (χ3v) is 3.96. The van der Waals surface area contributed by atoms with Crippen LogP contribution < -0.4 is 0 Å². The first-order valence-electron chi connectivity index (χ1n) is 8.59. The molecule has 1 rings (SSSR count). The first-order valence-corrected chi connectivity index (χ1v) is 8.59. The summed E-state index contributed by atoms with van der Waals surface area (Å²) in [4.78, 5) is 10.3. The van der Waals surface area contributed by atoms with E-state index in [1.165, 1.54) is 11.6 Å². The third kappa shape index (κ3) is 8.43. The summed E-state index contributed by atoms with van der Waals surface area (Å²) >= 11 is 0. The lowest BCUT2D eigenvalue weighted by Gasteiger charge is -2.02. The van der Waals surface area contributed by atoms with Crippen molar-refractivity contribution in [2.75, 3.05) is 0 Å². The molecular weight excluding hydrogens is 301 g/mol. The van der Waals surface area contributed by atoms with Gasteiger partial charge in [-0.2, -0.15) is 5.26 Å². The van der Waals surface area contributed by atoms with Crippen molar-refractivity contribution in [3.8, 4) is 6.07 Å². The van der Waals surface area contributed by atoms with Crippen molar-refractivity contribution in [1.82, 2.24) is 0 Å². The summed E-state index contributed by atoms with van der Waals surface area (Å²) < 4.78 is 13.5. The van der Waals surface area contributed by atoms with Gasteiger partial charge >= 0.3 is 0 Å². The molecule has 0 aliphatic rings. The molecule has 128 valence electrons. The zero-order valence-corrected chi connectivity index (χ0v) is 14.4. The number of allylic oxidation sites excluding steroid dienone is 4. The van der Waals surface area contributed by atoms with Crippen molar-refractivity contribution >= 4 is 6.29 Å². The maximum Gasteiger partial charge on any atom is 0.126 e. The molecule has 0 saturated carbocycles. The maximum absolute atomic E-state index is 13.5. The second-order valence-corrected chi connectivity index (χ2v) is 5.97. The molecule has 0 heterocycles. The van der Waals surface area contributed by atoms with Gasteiger partial charge in [-0.25, -0.2) is 4.39 Å². The quantitative estimate of drug-likeness (QED) is 0.226. The van der Waals surface area contributed by atoms with Crippen LogP contribution in [0.25, 0.3) is 0 Å². The molecule has 0 unspecified atom stereocenters. The maximum atomic E-state index is 13.5.